The predicted molar refractivity (Wildman–Crippen MR) is 81.0 cm³/mol. The average Bonchev–Trinajstić information content (AvgIpc) is 2.45. The van der Waals surface area contributed by atoms with Gasteiger partial charge >= 0.3 is 0 Å². The Morgan fingerprint density at radius 2 is 2.10 bits per heavy atom. The lowest BCUT2D eigenvalue weighted by Gasteiger charge is -2.10. The minimum Gasteiger partial charge on any atom is -0.496 e. The highest BCUT2D eigenvalue weighted by Gasteiger charge is 2.11. The lowest BCUT2D eigenvalue weighted by Crippen LogP contribution is -2.29. The van der Waals surface area contributed by atoms with Gasteiger partial charge in [-0.2, -0.15) is 0 Å². The molecule has 1 amide bonds. The zero-order valence-corrected chi connectivity index (χ0v) is 12.5. The van der Waals surface area contributed by atoms with E-state index >= 15 is 0 Å². The Balaban J connectivity index is 2.14. The summed E-state index contributed by atoms with van der Waals surface area (Å²) < 4.78 is 5.20. The summed E-state index contributed by atoms with van der Waals surface area (Å²) in [5.41, 5.74) is 1.10. The molecule has 0 aliphatic heterocycles. The molecular weight excluding hydrogens is 292 g/mol. The van der Waals surface area contributed by atoms with Gasteiger partial charge in [-0.1, -0.05) is 11.6 Å². The topological polar surface area (TPSA) is 71.2 Å². The van der Waals surface area contributed by atoms with Crippen molar-refractivity contribution < 1.29 is 9.53 Å². The summed E-state index contributed by atoms with van der Waals surface area (Å²) in [6, 6.07) is 8.31. The molecule has 0 spiro atoms. The molecule has 2 aromatic rings. The molecule has 0 atom stereocenters. The van der Waals surface area contributed by atoms with Crippen LogP contribution in [0.4, 0.5) is 0 Å². The molecule has 0 aliphatic carbocycles. The molecule has 0 fully saturated rings. The highest BCUT2D eigenvalue weighted by molar-refractivity contribution is 6.30. The maximum Gasteiger partial charge on any atom is 0.260 e. The fourth-order valence-corrected chi connectivity index (χ4v) is 2.10. The zero-order valence-electron chi connectivity index (χ0n) is 11.7. The van der Waals surface area contributed by atoms with E-state index in [4.69, 9.17) is 16.3 Å². The first-order valence-electron chi connectivity index (χ1n) is 6.32. The second-order valence-electron chi connectivity index (χ2n) is 4.52. The Hall–Kier alpha value is -2.27. The molecule has 110 valence electrons. The van der Waals surface area contributed by atoms with Crippen LogP contribution in [0.2, 0.25) is 5.02 Å². The summed E-state index contributed by atoms with van der Waals surface area (Å²) in [5, 5.41) is 3.23. The SMILES string of the molecule is COc1ccc(Cl)cc1CNC(=O)c1ccc(C)[nH]c1=O. The van der Waals surface area contributed by atoms with Gasteiger partial charge in [0, 0.05) is 22.8 Å². The quantitative estimate of drug-likeness (QED) is 0.910. The molecule has 0 aliphatic rings. The van der Waals surface area contributed by atoms with Crippen molar-refractivity contribution in [2.45, 2.75) is 13.5 Å². The van der Waals surface area contributed by atoms with Crippen LogP contribution in [0.25, 0.3) is 0 Å². The Morgan fingerprint density at radius 1 is 1.33 bits per heavy atom. The number of nitrogens with one attached hydrogen (secondary N) is 2. The first kappa shape index (κ1) is 15.1. The summed E-state index contributed by atoms with van der Waals surface area (Å²) in [6.45, 7) is 1.97. The number of aromatic amines is 1. The average molecular weight is 307 g/mol. The lowest BCUT2D eigenvalue weighted by atomic mass is 10.2. The summed E-state index contributed by atoms with van der Waals surface area (Å²) in [6.07, 6.45) is 0. The Bertz CT molecular complexity index is 725. The fourth-order valence-electron chi connectivity index (χ4n) is 1.91. The third-order valence-corrected chi connectivity index (χ3v) is 3.22. The highest BCUT2D eigenvalue weighted by Crippen LogP contribution is 2.22. The van der Waals surface area contributed by atoms with E-state index in [9.17, 15) is 9.59 Å². The van der Waals surface area contributed by atoms with Crippen LogP contribution in [-0.2, 0) is 6.54 Å². The van der Waals surface area contributed by atoms with Crippen molar-refractivity contribution in [2.24, 2.45) is 0 Å². The fraction of sp³-hybridized carbons (Fsp3) is 0.200. The van der Waals surface area contributed by atoms with Crippen molar-refractivity contribution in [3.63, 3.8) is 0 Å². The minimum absolute atomic E-state index is 0.0709. The van der Waals surface area contributed by atoms with Crippen molar-refractivity contribution in [1.82, 2.24) is 10.3 Å². The molecule has 21 heavy (non-hydrogen) atoms. The van der Waals surface area contributed by atoms with Gasteiger partial charge in [0.1, 0.15) is 11.3 Å². The van der Waals surface area contributed by atoms with Crippen LogP contribution in [0.1, 0.15) is 21.6 Å². The number of carbonyl (C=O) groups is 1. The molecule has 0 saturated carbocycles. The van der Waals surface area contributed by atoms with Crippen molar-refractivity contribution in [3.05, 3.63) is 62.5 Å². The first-order chi connectivity index (χ1) is 10.0. The number of rotatable bonds is 4. The van der Waals surface area contributed by atoms with Crippen LogP contribution in [0.3, 0.4) is 0 Å². The predicted octanol–water partition coefficient (Wildman–Crippen LogP) is 2.28. The van der Waals surface area contributed by atoms with Gasteiger partial charge in [-0.25, -0.2) is 0 Å². The van der Waals surface area contributed by atoms with Crippen molar-refractivity contribution in [1.29, 1.82) is 0 Å². The molecule has 0 saturated heterocycles. The molecule has 6 heteroatoms. The van der Waals surface area contributed by atoms with E-state index < -0.39 is 11.5 Å². The Labute approximate surface area is 126 Å². The number of methoxy groups -OCH3 is 1. The minimum atomic E-state index is -0.446. The number of ether oxygens (including phenoxy) is 1. The van der Waals surface area contributed by atoms with Crippen LogP contribution in [0, 0.1) is 6.92 Å². The Kier molecular flexibility index (Phi) is 4.65. The Morgan fingerprint density at radius 3 is 2.76 bits per heavy atom. The van der Waals surface area contributed by atoms with Crippen molar-refractivity contribution in [3.8, 4) is 5.75 Å². The highest BCUT2D eigenvalue weighted by atomic mass is 35.5. The molecule has 2 rings (SSSR count). The number of benzene rings is 1. The number of pyridine rings is 1. The molecule has 1 aromatic heterocycles. The lowest BCUT2D eigenvalue weighted by molar-refractivity contribution is 0.0949. The molecule has 0 unspecified atom stereocenters. The number of hydrogen-bond donors (Lipinski definition) is 2. The molecule has 5 nitrogen and oxygen atoms in total. The van der Waals surface area contributed by atoms with Gasteiger partial charge in [-0.3, -0.25) is 9.59 Å². The normalized spacial score (nSPS) is 10.2. The van der Waals surface area contributed by atoms with Gasteiger partial charge in [0.15, 0.2) is 0 Å². The molecule has 2 N–H and O–H groups in total. The van der Waals surface area contributed by atoms with E-state index in [-0.39, 0.29) is 12.1 Å². The molecule has 0 radical (unpaired) electrons. The number of amides is 1. The number of H-pyrrole nitrogens is 1. The van der Waals surface area contributed by atoms with E-state index in [1.54, 1.807) is 38.3 Å². The van der Waals surface area contributed by atoms with Gasteiger partial charge in [0.05, 0.1) is 7.11 Å². The summed E-state index contributed by atoms with van der Waals surface area (Å²) in [5.74, 6) is 0.177. The van der Waals surface area contributed by atoms with Crippen molar-refractivity contribution in [2.75, 3.05) is 7.11 Å². The molecular formula is C15H15ClN2O3. The van der Waals surface area contributed by atoms with E-state index in [1.807, 2.05) is 0 Å². The van der Waals surface area contributed by atoms with E-state index in [0.29, 0.717) is 16.5 Å². The van der Waals surface area contributed by atoms with Crippen LogP contribution in [0.15, 0.2) is 35.1 Å². The number of aromatic nitrogens is 1. The van der Waals surface area contributed by atoms with E-state index in [2.05, 4.69) is 10.3 Å². The van der Waals surface area contributed by atoms with E-state index in [1.165, 1.54) is 6.07 Å². The molecule has 1 heterocycles. The summed E-state index contributed by atoms with van der Waals surface area (Å²) in [7, 11) is 1.54. The number of carbonyl (C=O) groups excluding carboxylic acids is 1. The molecule has 1 aromatic carbocycles. The summed E-state index contributed by atoms with van der Waals surface area (Å²) in [4.78, 5) is 26.3. The van der Waals surface area contributed by atoms with Gasteiger partial charge in [0.25, 0.3) is 11.5 Å². The maximum absolute atomic E-state index is 12.0. The second-order valence-corrected chi connectivity index (χ2v) is 4.96. The number of aryl methyl sites for hydroxylation is 1. The zero-order chi connectivity index (χ0) is 15.4. The van der Waals surface area contributed by atoms with Gasteiger partial charge in [0.2, 0.25) is 0 Å². The monoisotopic (exact) mass is 306 g/mol. The third kappa shape index (κ3) is 3.64. The third-order valence-electron chi connectivity index (χ3n) is 2.98. The van der Waals surface area contributed by atoms with Crippen LogP contribution >= 0.6 is 11.6 Å². The molecule has 0 bridgehead atoms. The van der Waals surface area contributed by atoms with Crippen LogP contribution < -0.4 is 15.6 Å². The largest absolute Gasteiger partial charge is 0.496 e. The maximum atomic E-state index is 12.0. The van der Waals surface area contributed by atoms with Gasteiger partial charge in [-0.05, 0) is 37.3 Å². The summed E-state index contributed by atoms with van der Waals surface area (Å²) >= 11 is 5.93. The smallest absolute Gasteiger partial charge is 0.260 e. The second kappa shape index (κ2) is 6.45. The number of hydrogen-bond acceptors (Lipinski definition) is 3. The van der Waals surface area contributed by atoms with Gasteiger partial charge in [-0.15, -0.1) is 0 Å². The standard InChI is InChI=1S/C15H15ClN2O3/c1-9-3-5-12(15(20)18-9)14(19)17-8-10-7-11(16)4-6-13(10)21-2/h3-7H,8H2,1-2H3,(H,17,19)(H,18,20). The van der Waals surface area contributed by atoms with Crippen LogP contribution in [-0.4, -0.2) is 18.0 Å². The van der Waals surface area contributed by atoms with E-state index in [0.717, 1.165) is 5.56 Å². The van der Waals surface area contributed by atoms with Crippen LogP contribution in [0.5, 0.6) is 5.75 Å². The first-order valence-corrected chi connectivity index (χ1v) is 6.69. The van der Waals surface area contributed by atoms with Crippen molar-refractivity contribution >= 4 is 17.5 Å². The number of halogens is 1. The van der Waals surface area contributed by atoms with Gasteiger partial charge < -0.3 is 15.0 Å².